The van der Waals surface area contributed by atoms with Gasteiger partial charge in [-0.25, -0.2) is 4.98 Å². The molecule has 5 nitrogen and oxygen atoms in total. The van der Waals surface area contributed by atoms with E-state index in [1.807, 2.05) is 24.3 Å². The van der Waals surface area contributed by atoms with Gasteiger partial charge in [-0.05, 0) is 39.7 Å². The number of benzene rings is 1. The maximum absolute atomic E-state index is 11.5. The topological polar surface area (TPSA) is 61.6 Å². The summed E-state index contributed by atoms with van der Waals surface area (Å²) in [6.45, 7) is 0.366. The largest absolute Gasteiger partial charge is 0.469 e. The summed E-state index contributed by atoms with van der Waals surface area (Å²) >= 11 is 2.16. The number of oxazole rings is 1. The minimum atomic E-state index is -0.303. The summed E-state index contributed by atoms with van der Waals surface area (Å²) in [5.41, 5.74) is 0.932. The molecule has 1 aromatic heterocycles. The van der Waals surface area contributed by atoms with Gasteiger partial charge in [0.25, 0.3) is 0 Å². The van der Waals surface area contributed by atoms with E-state index in [0.29, 0.717) is 12.3 Å². The first-order chi connectivity index (χ1) is 9.74. The molecule has 0 saturated carbocycles. The first-order valence-corrected chi connectivity index (χ1v) is 9.85. The lowest BCUT2D eigenvalue weighted by Gasteiger charge is -2.13. The monoisotopic (exact) mass is 405 g/mol. The van der Waals surface area contributed by atoms with Crippen molar-refractivity contribution < 1.29 is 18.5 Å². The van der Waals surface area contributed by atoms with Gasteiger partial charge in [-0.15, -0.1) is 0 Å². The van der Waals surface area contributed by atoms with Gasteiger partial charge in [0.15, 0.2) is 0 Å². The molecular formula is C13H13INO4P. The van der Waals surface area contributed by atoms with Crippen LogP contribution in [0.5, 0.6) is 5.75 Å². The van der Waals surface area contributed by atoms with Crippen molar-refractivity contribution in [3.05, 3.63) is 48.2 Å². The standard InChI is InChI=1S/C13H13INO4P/c1-17-12(16)8-11(13-15-6-7-18-13)9-2-4-10(5-3-9)19-20-14/h2-7,11,20H,8H2,1H3. The van der Waals surface area contributed by atoms with Gasteiger partial charge < -0.3 is 13.7 Å². The molecule has 20 heavy (non-hydrogen) atoms. The molecule has 0 aliphatic rings. The van der Waals surface area contributed by atoms with Crippen molar-refractivity contribution in [1.82, 2.24) is 4.98 Å². The summed E-state index contributed by atoms with van der Waals surface area (Å²) in [6.07, 6.45) is 3.24. The van der Waals surface area contributed by atoms with Gasteiger partial charge in [-0.2, -0.15) is 0 Å². The van der Waals surface area contributed by atoms with Crippen LogP contribution in [0.25, 0.3) is 0 Å². The molecule has 0 amide bonds. The quantitative estimate of drug-likeness (QED) is 0.417. The van der Waals surface area contributed by atoms with E-state index in [0.717, 1.165) is 11.3 Å². The number of carbonyl (C=O) groups is 1. The molecule has 0 N–H and O–H groups in total. The zero-order valence-electron chi connectivity index (χ0n) is 10.7. The molecule has 2 rings (SSSR count). The van der Waals surface area contributed by atoms with E-state index >= 15 is 0 Å². The summed E-state index contributed by atoms with van der Waals surface area (Å²) in [5.74, 6) is 0.737. The number of rotatable bonds is 6. The highest BCUT2D eigenvalue weighted by Gasteiger charge is 2.22. The Balaban J connectivity index is 2.24. The fourth-order valence-corrected chi connectivity index (χ4v) is 2.80. The van der Waals surface area contributed by atoms with Crippen molar-refractivity contribution in [3.8, 4) is 5.75 Å². The summed E-state index contributed by atoms with van der Waals surface area (Å²) in [7, 11) is 1.37. The SMILES string of the molecule is COC(=O)CC(c1ccc(OPI)cc1)c1ncco1. The Hall–Kier alpha value is -1.14. The fourth-order valence-electron chi connectivity index (χ4n) is 1.82. The number of carbonyl (C=O) groups excluding carboxylic acids is 1. The Bertz CT molecular complexity index is 544. The Morgan fingerprint density at radius 3 is 2.75 bits per heavy atom. The maximum Gasteiger partial charge on any atom is 0.306 e. The van der Waals surface area contributed by atoms with Crippen molar-refractivity contribution in [2.45, 2.75) is 12.3 Å². The van der Waals surface area contributed by atoms with Crippen LogP contribution in [0.3, 0.4) is 0 Å². The van der Waals surface area contributed by atoms with Crippen LogP contribution in [-0.4, -0.2) is 18.1 Å². The van der Waals surface area contributed by atoms with Crippen molar-refractivity contribution in [2.24, 2.45) is 0 Å². The van der Waals surface area contributed by atoms with Gasteiger partial charge in [0, 0.05) is 0 Å². The minimum Gasteiger partial charge on any atom is -0.469 e. The van der Waals surface area contributed by atoms with Crippen molar-refractivity contribution in [1.29, 1.82) is 0 Å². The number of aromatic nitrogens is 1. The molecule has 0 bridgehead atoms. The Morgan fingerprint density at radius 1 is 1.45 bits per heavy atom. The first kappa shape index (κ1) is 15.3. The van der Waals surface area contributed by atoms with E-state index in [-0.39, 0.29) is 18.3 Å². The molecule has 0 saturated heterocycles. The summed E-state index contributed by atoms with van der Waals surface area (Å²) in [6, 6.07) is 7.55. The lowest BCUT2D eigenvalue weighted by Crippen LogP contribution is -2.10. The van der Waals surface area contributed by atoms with E-state index in [2.05, 4.69) is 27.0 Å². The number of hydrogen-bond acceptors (Lipinski definition) is 5. The highest BCUT2D eigenvalue weighted by atomic mass is 127. The van der Waals surface area contributed by atoms with Crippen LogP contribution in [0, 0.1) is 0 Å². The lowest BCUT2D eigenvalue weighted by molar-refractivity contribution is -0.140. The highest BCUT2D eigenvalue weighted by molar-refractivity contribution is 14.2. The summed E-state index contributed by atoms with van der Waals surface area (Å²) < 4.78 is 15.5. The predicted molar refractivity (Wildman–Crippen MR) is 84.4 cm³/mol. The molecule has 1 heterocycles. The number of halogens is 1. The second-order valence-corrected chi connectivity index (χ2v) is 5.63. The van der Waals surface area contributed by atoms with Crippen LogP contribution in [-0.2, 0) is 9.53 Å². The molecular weight excluding hydrogens is 392 g/mol. The van der Waals surface area contributed by atoms with Gasteiger partial charge in [0.05, 0.1) is 25.6 Å². The van der Waals surface area contributed by atoms with Crippen molar-refractivity contribution in [3.63, 3.8) is 0 Å². The molecule has 106 valence electrons. The Kier molecular flexibility index (Phi) is 5.79. The van der Waals surface area contributed by atoms with E-state index < -0.39 is 0 Å². The van der Waals surface area contributed by atoms with Crippen LogP contribution in [0.2, 0.25) is 0 Å². The van der Waals surface area contributed by atoms with Crippen LogP contribution in [0.1, 0.15) is 23.8 Å². The second kappa shape index (κ2) is 7.59. The molecule has 0 radical (unpaired) electrons. The first-order valence-electron chi connectivity index (χ1n) is 5.83. The van der Waals surface area contributed by atoms with Gasteiger partial charge in [0.2, 0.25) is 5.89 Å². The third-order valence-corrected chi connectivity index (χ3v) is 3.76. The predicted octanol–water partition coefficient (Wildman–Crippen LogP) is 3.69. The van der Waals surface area contributed by atoms with Crippen LogP contribution in [0.4, 0.5) is 0 Å². The zero-order chi connectivity index (χ0) is 14.4. The van der Waals surface area contributed by atoms with Crippen LogP contribution >= 0.6 is 28.5 Å². The van der Waals surface area contributed by atoms with Crippen LogP contribution in [0.15, 0.2) is 41.1 Å². The average molecular weight is 405 g/mol. The molecule has 0 aliphatic heterocycles. The molecule has 0 spiro atoms. The van der Waals surface area contributed by atoms with Crippen LogP contribution < -0.4 is 4.52 Å². The fraction of sp³-hybridized carbons (Fsp3) is 0.231. The Morgan fingerprint density at radius 2 is 2.20 bits per heavy atom. The van der Waals surface area contributed by atoms with E-state index in [9.17, 15) is 4.79 Å². The van der Waals surface area contributed by atoms with Gasteiger partial charge in [-0.3, -0.25) is 4.79 Å². The molecule has 2 atom stereocenters. The summed E-state index contributed by atoms with van der Waals surface area (Å²) in [4.78, 5) is 15.7. The number of ether oxygens (including phenoxy) is 1. The van der Waals surface area contributed by atoms with E-state index in [1.54, 1.807) is 6.20 Å². The minimum absolute atomic E-state index is 0.186. The smallest absolute Gasteiger partial charge is 0.306 e. The molecule has 0 fully saturated rings. The third kappa shape index (κ3) is 3.93. The molecule has 2 aromatic rings. The Labute approximate surface area is 131 Å². The number of hydrogen-bond donors (Lipinski definition) is 0. The van der Waals surface area contributed by atoms with E-state index in [1.165, 1.54) is 13.4 Å². The van der Waals surface area contributed by atoms with Gasteiger partial charge in [0.1, 0.15) is 18.5 Å². The number of methoxy groups -OCH3 is 1. The highest BCUT2D eigenvalue weighted by Crippen LogP contribution is 2.31. The van der Waals surface area contributed by atoms with Crippen molar-refractivity contribution >= 4 is 34.5 Å². The number of nitrogens with zero attached hydrogens (tertiary/aromatic N) is 1. The lowest BCUT2D eigenvalue weighted by atomic mass is 9.95. The molecule has 1 aromatic carbocycles. The average Bonchev–Trinajstić information content (AvgIpc) is 3.00. The molecule has 0 aliphatic carbocycles. The second-order valence-electron chi connectivity index (χ2n) is 3.95. The maximum atomic E-state index is 11.5. The van der Waals surface area contributed by atoms with Gasteiger partial charge >= 0.3 is 5.97 Å². The van der Waals surface area contributed by atoms with Crippen molar-refractivity contribution in [2.75, 3.05) is 7.11 Å². The molecule has 7 heteroatoms. The molecule has 2 unspecified atom stereocenters. The normalized spacial score (nSPS) is 12.5. The number of esters is 1. The summed E-state index contributed by atoms with van der Waals surface area (Å²) in [5, 5.41) is 0. The van der Waals surface area contributed by atoms with Gasteiger partial charge in [-0.1, -0.05) is 12.1 Å². The third-order valence-electron chi connectivity index (χ3n) is 2.79. The van der Waals surface area contributed by atoms with E-state index in [4.69, 9.17) is 13.7 Å². The zero-order valence-corrected chi connectivity index (χ0v) is 13.9.